The molecule has 0 fully saturated rings. The first kappa shape index (κ1) is 18.9. The van der Waals surface area contributed by atoms with Crippen LogP contribution >= 0.6 is 11.3 Å². The third kappa shape index (κ3) is 3.52. The van der Waals surface area contributed by atoms with Crippen LogP contribution in [0.3, 0.4) is 0 Å². The van der Waals surface area contributed by atoms with Crippen molar-refractivity contribution in [3.8, 4) is 10.7 Å². The highest BCUT2D eigenvalue weighted by atomic mass is 32.1. The third-order valence-corrected chi connectivity index (χ3v) is 5.53. The van der Waals surface area contributed by atoms with Crippen molar-refractivity contribution in [2.24, 2.45) is 0 Å². The van der Waals surface area contributed by atoms with Gasteiger partial charge in [0.2, 0.25) is 0 Å². The maximum Gasteiger partial charge on any atom is 0.339 e. The summed E-state index contributed by atoms with van der Waals surface area (Å²) < 4.78 is 6.96. The van der Waals surface area contributed by atoms with Crippen LogP contribution in [0.4, 0.5) is 5.69 Å². The summed E-state index contributed by atoms with van der Waals surface area (Å²) in [5, 5.41) is 6.39. The van der Waals surface area contributed by atoms with Gasteiger partial charge in [0.25, 0.3) is 5.91 Å². The number of fused-ring (bicyclic) bond motifs is 1. The summed E-state index contributed by atoms with van der Waals surface area (Å²) in [7, 11) is 1.31. The average Bonchev–Trinajstić information content (AvgIpc) is 3.38. The Balaban J connectivity index is 1.64. The van der Waals surface area contributed by atoms with Gasteiger partial charge in [-0.1, -0.05) is 30.3 Å². The smallest absolute Gasteiger partial charge is 0.339 e. The molecule has 4 aromatic rings. The van der Waals surface area contributed by atoms with Crippen molar-refractivity contribution >= 4 is 39.8 Å². The molecular formula is C22H19N3O3S. The molecular weight excluding hydrogens is 386 g/mol. The van der Waals surface area contributed by atoms with E-state index in [1.54, 1.807) is 29.6 Å². The standard InChI is InChI=1S/C22H19N3O3S/c1-3-25-18-11-7-4-8-14(18)12-19(25)21-24-17(13-29-21)20(26)23-16-10-6-5-9-15(16)22(27)28-2/h4-13H,3H2,1-2H3,(H,23,26). The fourth-order valence-corrected chi connectivity index (χ4v) is 4.11. The van der Waals surface area contributed by atoms with Crippen LogP contribution in [0.25, 0.3) is 21.6 Å². The summed E-state index contributed by atoms with van der Waals surface area (Å²) in [6.45, 7) is 2.89. The van der Waals surface area contributed by atoms with Gasteiger partial charge in [0, 0.05) is 22.8 Å². The fourth-order valence-electron chi connectivity index (χ4n) is 3.29. The number of hydrogen-bond donors (Lipinski definition) is 1. The minimum atomic E-state index is -0.507. The number of aryl methyl sites for hydroxylation is 1. The number of rotatable bonds is 5. The number of para-hydroxylation sites is 2. The molecule has 29 heavy (non-hydrogen) atoms. The molecule has 2 aromatic heterocycles. The molecule has 0 aliphatic carbocycles. The lowest BCUT2D eigenvalue weighted by Gasteiger charge is -2.08. The molecule has 2 aromatic carbocycles. The van der Waals surface area contributed by atoms with Crippen molar-refractivity contribution in [2.45, 2.75) is 13.5 Å². The Morgan fingerprint density at radius 1 is 1.14 bits per heavy atom. The maximum atomic E-state index is 12.7. The lowest BCUT2D eigenvalue weighted by atomic mass is 10.2. The second-order valence-electron chi connectivity index (χ2n) is 6.36. The van der Waals surface area contributed by atoms with Crippen LogP contribution in [-0.4, -0.2) is 28.5 Å². The Hall–Kier alpha value is -3.45. The lowest BCUT2D eigenvalue weighted by Crippen LogP contribution is -2.15. The molecule has 0 atom stereocenters. The molecule has 0 spiro atoms. The van der Waals surface area contributed by atoms with Gasteiger partial charge in [0.1, 0.15) is 10.7 Å². The number of thiazole rings is 1. The number of nitrogens with one attached hydrogen (secondary N) is 1. The van der Waals surface area contributed by atoms with Gasteiger partial charge in [0.05, 0.1) is 24.1 Å². The molecule has 1 amide bonds. The van der Waals surface area contributed by atoms with Crippen LogP contribution in [0.15, 0.2) is 60.0 Å². The molecule has 146 valence electrons. The highest BCUT2D eigenvalue weighted by Gasteiger charge is 2.18. The predicted octanol–water partition coefficient (Wildman–Crippen LogP) is 4.82. The van der Waals surface area contributed by atoms with Gasteiger partial charge >= 0.3 is 5.97 Å². The zero-order chi connectivity index (χ0) is 20.4. The van der Waals surface area contributed by atoms with E-state index in [0.29, 0.717) is 16.9 Å². The number of carbonyl (C=O) groups excluding carboxylic acids is 2. The first-order valence-electron chi connectivity index (χ1n) is 9.15. The van der Waals surface area contributed by atoms with E-state index in [-0.39, 0.29) is 5.91 Å². The number of nitrogens with zero attached hydrogens (tertiary/aromatic N) is 2. The second-order valence-corrected chi connectivity index (χ2v) is 7.22. The molecule has 1 N–H and O–H groups in total. The SMILES string of the molecule is CCn1c(-c2nc(C(=O)Nc3ccccc3C(=O)OC)cs2)cc2ccccc21. The molecule has 7 heteroatoms. The van der Waals surface area contributed by atoms with Crippen LogP contribution < -0.4 is 5.32 Å². The molecule has 4 rings (SSSR count). The van der Waals surface area contributed by atoms with Crippen molar-refractivity contribution in [3.05, 3.63) is 71.2 Å². The highest BCUT2D eigenvalue weighted by molar-refractivity contribution is 7.13. The molecule has 0 aliphatic heterocycles. The number of anilines is 1. The number of amides is 1. The maximum absolute atomic E-state index is 12.7. The Labute approximate surface area is 171 Å². The summed E-state index contributed by atoms with van der Waals surface area (Å²) in [5.74, 6) is -0.879. The molecule has 0 aliphatic rings. The fraction of sp³-hybridized carbons (Fsp3) is 0.136. The van der Waals surface area contributed by atoms with Crippen LogP contribution in [0, 0.1) is 0 Å². The van der Waals surface area contributed by atoms with Crippen molar-refractivity contribution in [2.75, 3.05) is 12.4 Å². The second kappa shape index (κ2) is 7.89. The summed E-state index contributed by atoms with van der Waals surface area (Å²) in [6.07, 6.45) is 0. The Kier molecular flexibility index (Phi) is 5.14. The summed E-state index contributed by atoms with van der Waals surface area (Å²) in [5.41, 5.74) is 3.11. The number of esters is 1. The van der Waals surface area contributed by atoms with Crippen LogP contribution in [0.5, 0.6) is 0 Å². The van der Waals surface area contributed by atoms with E-state index >= 15 is 0 Å². The first-order valence-corrected chi connectivity index (χ1v) is 10.0. The number of benzene rings is 2. The quantitative estimate of drug-likeness (QED) is 0.483. The van der Waals surface area contributed by atoms with E-state index in [4.69, 9.17) is 4.74 Å². The van der Waals surface area contributed by atoms with E-state index in [2.05, 4.69) is 40.0 Å². The number of hydrogen-bond acceptors (Lipinski definition) is 5. The van der Waals surface area contributed by atoms with Crippen molar-refractivity contribution in [3.63, 3.8) is 0 Å². The number of aromatic nitrogens is 2. The third-order valence-electron chi connectivity index (χ3n) is 4.66. The van der Waals surface area contributed by atoms with E-state index in [0.717, 1.165) is 28.1 Å². The van der Waals surface area contributed by atoms with Gasteiger partial charge in [0.15, 0.2) is 0 Å². The van der Waals surface area contributed by atoms with Gasteiger partial charge in [-0.2, -0.15) is 0 Å². The predicted molar refractivity (Wildman–Crippen MR) is 114 cm³/mol. The lowest BCUT2D eigenvalue weighted by molar-refractivity contribution is 0.0602. The van der Waals surface area contributed by atoms with E-state index in [1.165, 1.54) is 18.4 Å². The number of ether oxygens (including phenoxy) is 1. The van der Waals surface area contributed by atoms with Gasteiger partial charge in [-0.05, 0) is 31.2 Å². The Morgan fingerprint density at radius 3 is 2.69 bits per heavy atom. The molecule has 0 saturated heterocycles. The number of methoxy groups -OCH3 is 1. The van der Waals surface area contributed by atoms with Crippen LogP contribution in [-0.2, 0) is 11.3 Å². The van der Waals surface area contributed by atoms with E-state index in [1.807, 2.05) is 12.1 Å². The van der Waals surface area contributed by atoms with Gasteiger partial charge < -0.3 is 14.6 Å². The summed E-state index contributed by atoms with van der Waals surface area (Å²) >= 11 is 1.42. The van der Waals surface area contributed by atoms with Crippen molar-refractivity contribution < 1.29 is 14.3 Å². The monoisotopic (exact) mass is 405 g/mol. The minimum absolute atomic E-state index is 0.296. The first-order chi connectivity index (χ1) is 14.1. The van der Waals surface area contributed by atoms with Crippen LogP contribution in [0.1, 0.15) is 27.8 Å². The molecule has 6 nitrogen and oxygen atoms in total. The molecule has 0 unspecified atom stereocenters. The van der Waals surface area contributed by atoms with Gasteiger partial charge in [-0.25, -0.2) is 9.78 Å². The average molecular weight is 405 g/mol. The van der Waals surface area contributed by atoms with E-state index < -0.39 is 5.97 Å². The van der Waals surface area contributed by atoms with Crippen molar-refractivity contribution in [1.82, 2.24) is 9.55 Å². The summed E-state index contributed by atoms with van der Waals surface area (Å²) in [4.78, 5) is 29.2. The summed E-state index contributed by atoms with van der Waals surface area (Å²) in [6, 6.07) is 17.0. The van der Waals surface area contributed by atoms with Crippen LogP contribution in [0.2, 0.25) is 0 Å². The molecule has 0 saturated carbocycles. The van der Waals surface area contributed by atoms with Gasteiger partial charge in [-0.15, -0.1) is 11.3 Å². The highest BCUT2D eigenvalue weighted by Crippen LogP contribution is 2.30. The van der Waals surface area contributed by atoms with Crippen molar-refractivity contribution in [1.29, 1.82) is 0 Å². The normalized spacial score (nSPS) is 10.8. The van der Waals surface area contributed by atoms with E-state index in [9.17, 15) is 9.59 Å². The zero-order valence-corrected chi connectivity index (χ0v) is 16.8. The minimum Gasteiger partial charge on any atom is -0.465 e. The zero-order valence-electron chi connectivity index (χ0n) is 16.0. The molecule has 2 heterocycles. The van der Waals surface area contributed by atoms with Gasteiger partial charge in [-0.3, -0.25) is 4.79 Å². The topological polar surface area (TPSA) is 73.2 Å². The Morgan fingerprint density at radius 2 is 1.90 bits per heavy atom. The largest absolute Gasteiger partial charge is 0.465 e. The molecule has 0 radical (unpaired) electrons. The molecule has 0 bridgehead atoms. The number of carbonyl (C=O) groups is 2. The Bertz CT molecular complexity index is 1210.